The first-order chi connectivity index (χ1) is 8.15. The molecule has 2 rings (SSSR count). The van der Waals surface area contributed by atoms with Crippen LogP contribution in [0.2, 0.25) is 0 Å². The largest absolute Gasteiger partial charge is 0.504 e. The zero-order valence-electron chi connectivity index (χ0n) is 10.5. The van der Waals surface area contributed by atoms with Crippen LogP contribution in [0.15, 0.2) is 30.3 Å². The summed E-state index contributed by atoms with van der Waals surface area (Å²) in [4.78, 5) is 0. The van der Waals surface area contributed by atoms with Crippen molar-refractivity contribution >= 4 is 0 Å². The van der Waals surface area contributed by atoms with E-state index in [1.807, 2.05) is 41.9 Å². The van der Waals surface area contributed by atoms with Gasteiger partial charge in [0, 0.05) is 11.6 Å². The fourth-order valence-electron chi connectivity index (χ4n) is 2.01. The molecule has 0 unspecified atom stereocenters. The molecule has 0 radical (unpaired) electrons. The summed E-state index contributed by atoms with van der Waals surface area (Å²) < 4.78 is 1.90. The quantitative estimate of drug-likeness (QED) is 0.877. The van der Waals surface area contributed by atoms with E-state index in [0.29, 0.717) is 11.4 Å². The fourth-order valence-corrected chi connectivity index (χ4v) is 2.01. The monoisotopic (exact) mass is 230 g/mol. The van der Waals surface area contributed by atoms with E-state index in [2.05, 4.69) is 18.9 Å². The average molecular weight is 230 g/mol. The summed E-state index contributed by atoms with van der Waals surface area (Å²) in [5.41, 5.74) is 2.54. The number of rotatable bonds is 3. The lowest BCUT2D eigenvalue weighted by atomic mass is 10.1. The van der Waals surface area contributed by atoms with Crippen molar-refractivity contribution in [2.45, 2.75) is 33.2 Å². The van der Waals surface area contributed by atoms with Crippen molar-refractivity contribution in [2.24, 2.45) is 0 Å². The molecule has 0 aliphatic heterocycles. The van der Waals surface area contributed by atoms with Gasteiger partial charge in [0.25, 0.3) is 0 Å². The number of aromatic hydroxyl groups is 1. The van der Waals surface area contributed by atoms with Crippen LogP contribution in [-0.2, 0) is 6.42 Å². The van der Waals surface area contributed by atoms with Crippen molar-refractivity contribution in [3.8, 4) is 17.0 Å². The number of benzene rings is 1. The summed E-state index contributed by atoms with van der Waals surface area (Å²) in [5, 5.41) is 14.7. The van der Waals surface area contributed by atoms with Crippen LogP contribution >= 0.6 is 0 Å². The van der Waals surface area contributed by atoms with Crippen LogP contribution in [0.25, 0.3) is 11.3 Å². The van der Waals surface area contributed by atoms with Gasteiger partial charge in [0.05, 0.1) is 5.69 Å². The van der Waals surface area contributed by atoms with Crippen LogP contribution < -0.4 is 0 Å². The van der Waals surface area contributed by atoms with E-state index in [9.17, 15) is 5.11 Å². The first-order valence-electron chi connectivity index (χ1n) is 6.01. The second-order valence-corrected chi connectivity index (χ2v) is 4.40. The van der Waals surface area contributed by atoms with Crippen molar-refractivity contribution in [1.82, 2.24) is 9.78 Å². The van der Waals surface area contributed by atoms with Gasteiger partial charge in [-0.25, -0.2) is 0 Å². The Balaban J connectivity index is 2.57. The molecule has 2 aromatic rings. The van der Waals surface area contributed by atoms with Crippen LogP contribution in [-0.4, -0.2) is 14.9 Å². The van der Waals surface area contributed by atoms with Crippen molar-refractivity contribution in [1.29, 1.82) is 0 Å². The van der Waals surface area contributed by atoms with Gasteiger partial charge in [-0.05, 0) is 20.3 Å². The number of hydrogen-bond donors (Lipinski definition) is 1. The second kappa shape index (κ2) is 4.62. The third kappa shape index (κ3) is 2.05. The molecular weight excluding hydrogens is 212 g/mol. The van der Waals surface area contributed by atoms with E-state index in [-0.39, 0.29) is 6.04 Å². The smallest absolute Gasteiger partial charge is 0.164 e. The standard InChI is InChI=1S/C14H18N2O/c1-4-12-14(17)13(15-16(12)10(2)3)11-8-6-5-7-9-11/h5-10,17H,4H2,1-3H3. The molecule has 1 aromatic heterocycles. The third-order valence-corrected chi connectivity index (χ3v) is 2.85. The van der Waals surface area contributed by atoms with Gasteiger partial charge in [0.1, 0.15) is 5.69 Å². The van der Waals surface area contributed by atoms with E-state index in [1.165, 1.54) is 0 Å². The Morgan fingerprint density at radius 1 is 1.24 bits per heavy atom. The predicted octanol–water partition coefficient (Wildman–Crippen LogP) is 3.40. The van der Waals surface area contributed by atoms with Gasteiger partial charge in [-0.2, -0.15) is 5.10 Å². The van der Waals surface area contributed by atoms with Crippen LogP contribution in [0.1, 0.15) is 32.5 Å². The van der Waals surface area contributed by atoms with Crippen LogP contribution in [0.4, 0.5) is 0 Å². The second-order valence-electron chi connectivity index (χ2n) is 4.40. The molecule has 3 nitrogen and oxygen atoms in total. The first-order valence-corrected chi connectivity index (χ1v) is 6.01. The molecule has 0 spiro atoms. The highest BCUT2D eigenvalue weighted by Gasteiger charge is 2.18. The Bertz CT molecular complexity index is 500. The highest BCUT2D eigenvalue weighted by Crippen LogP contribution is 2.33. The van der Waals surface area contributed by atoms with Crippen LogP contribution in [0.3, 0.4) is 0 Å². The third-order valence-electron chi connectivity index (χ3n) is 2.85. The molecule has 0 saturated carbocycles. The van der Waals surface area contributed by atoms with Crippen LogP contribution in [0.5, 0.6) is 5.75 Å². The van der Waals surface area contributed by atoms with E-state index in [0.717, 1.165) is 17.7 Å². The zero-order valence-corrected chi connectivity index (χ0v) is 10.5. The molecule has 0 saturated heterocycles. The molecule has 1 N–H and O–H groups in total. The highest BCUT2D eigenvalue weighted by molar-refractivity contribution is 5.67. The maximum atomic E-state index is 10.2. The average Bonchev–Trinajstić information content (AvgIpc) is 2.67. The molecule has 3 heteroatoms. The van der Waals surface area contributed by atoms with E-state index in [1.54, 1.807) is 0 Å². The molecule has 0 atom stereocenters. The van der Waals surface area contributed by atoms with Gasteiger partial charge in [-0.15, -0.1) is 0 Å². The molecule has 90 valence electrons. The first kappa shape index (κ1) is 11.7. The molecule has 1 heterocycles. The summed E-state index contributed by atoms with van der Waals surface area (Å²) in [6.07, 6.45) is 0.782. The molecule has 17 heavy (non-hydrogen) atoms. The van der Waals surface area contributed by atoms with Gasteiger partial charge in [0.2, 0.25) is 0 Å². The summed E-state index contributed by atoms with van der Waals surface area (Å²) in [6.45, 7) is 6.17. The maximum absolute atomic E-state index is 10.2. The van der Waals surface area contributed by atoms with E-state index < -0.39 is 0 Å². The van der Waals surface area contributed by atoms with E-state index in [4.69, 9.17) is 0 Å². The Kier molecular flexibility index (Phi) is 3.18. The minimum Gasteiger partial charge on any atom is -0.504 e. The lowest BCUT2D eigenvalue weighted by Crippen LogP contribution is -2.06. The van der Waals surface area contributed by atoms with Crippen LogP contribution in [0, 0.1) is 0 Å². The van der Waals surface area contributed by atoms with Gasteiger partial charge in [-0.1, -0.05) is 37.3 Å². The van der Waals surface area contributed by atoms with Crippen molar-refractivity contribution in [2.75, 3.05) is 0 Å². The summed E-state index contributed by atoms with van der Waals surface area (Å²) >= 11 is 0. The van der Waals surface area contributed by atoms with Gasteiger partial charge < -0.3 is 5.11 Å². The Hall–Kier alpha value is -1.77. The topological polar surface area (TPSA) is 38.1 Å². The molecule has 0 amide bonds. The molecule has 0 aliphatic rings. The van der Waals surface area contributed by atoms with Gasteiger partial charge in [0.15, 0.2) is 5.75 Å². The van der Waals surface area contributed by atoms with Crippen molar-refractivity contribution in [3.63, 3.8) is 0 Å². The van der Waals surface area contributed by atoms with Gasteiger partial charge >= 0.3 is 0 Å². The maximum Gasteiger partial charge on any atom is 0.164 e. The van der Waals surface area contributed by atoms with E-state index >= 15 is 0 Å². The minimum absolute atomic E-state index is 0.258. The molecule has 0 fully saturated rings. The SMILES string of the molecule is CCc1c(O)c(-c2ccccc2)nn1C(C)C. The highest BCUT2D eigenvalue weighted by atomic mass is 16.3. The normalized spacial score (nSPS) is 11.1. The lowest BCUT2D eigenvalue weighted by Gasteiger charge is -2.08. The summed E-state index contributed by atoms with van der Waals surface area (Å²) in [5.74, 6) is 0.312. The Morgan fingerprint density at radius 3 is 2.35 bits per heavy atom. The predicted molar refractivity (Wildman–Crippen MR) is 69.1 cm³/mol. The molecule has 0 aliphatic carbocycles. The fraction of sp³-hybridized carbons (Fsp3) is 0.357. The molecule has 0 bridgehead atoms. The minimum atomic E-state index is 0.258. The number of nitrogens with zero attached hydrogens (tertiary/aromatic N) is 2. The molecule has 1 aromatic carbocycles. The number of hydrogen-bond acceptors (Lipinski definition) is 2. The number of aromatic nitrogens is 2. The van der Waals surface area contributed by atoms with Gasteiger partial charge in [-0.3, -0.25) is 4.68 Å². The molecular formula is C14H18N2O. The zero-order chi connectivity index (χ0) is 12.4. The Labute approximate surface area is 102 Å². The van der Waals surface area contributed by atoms with Crippen molar-refractivity contribution < 1.29 is 5.11 Å². The lowest BCUT2D eigenvalue weighted by molar-refractivity contribution is 0.456. The summed E-state index contributed by atoms with van der Waals surface area (Å²) in [6, 6.07) is 10.1. The van der Waals surface area contributed by atoms with Crippen molar-refractivity contribution in [3.05, 3.63) is 36.0 Å². The Morgan fingerprint density at radius 2 is 1.88 bits per heavy atom. The summed E-state index contributed by atoms with van der Waals surface area (Å²) in [7, 11) is 0.